The number of thioether (sulfide) groups is 1. The van der Waals surface area contributed by atoms with Gasteiger partial charge in [0.15, 0.2) is 0 Å². The van der Waals surface area contributed by atoms with Crippen molar-refractivity contribution in [1.82, 2.24) is 15.3 Å². The summed E-state index contributed by atoms with van der Waals surface area (Å²) < 4.78 is 5.34. The maximum absolute atomic E-state index is 12.5. The Morgan fingerprint density at radius 1 is 1.37 bits per heavy atom. The molecule has 2 heterocycles. The van der Waals surface area contributed by atoms with Gasteiger partial charge in [-0.25, -0.2) is 4.98 Å². The Kier molecular flexibility index (Phi) is 7.18. The molecule has 3 rings (SSSR count). The summed E-state index contributed by atoms with van der Waals surface area (Å²) in [5, 5.41) is 3.80. The van der Waals surface area contributed by atoms with Crippen molar-refractivity contribution in [2.45, 2.75) is 57.2 Å². The first-order chi connectivity index (χ1) is 13.1. The summed E-state index contributed by atoms with van der Waals surface area (Å²) in [6.45, 7) is 6.75. The highest BCUT2D eigenvalue weighted by Gasteiger charge is 2.25. The standard InChI is InChI=1S/C19H30N4O3S/c1-3-27-15-5-4-14(12-15)21-17(24)7-6-16-13(2)20-19(22-18(16)25)23-8-10-26-11-9-23/h14-15H,3-12H2,1-2H3,(H,21,24)(H,20,22,25)/t14-,15-/m1/s1. The van der Waals surface area contributed by atoms with E-state index in [1.165, 1.54) is 6.42 Å². The van der Waals surface area contributed by atoms with Gasteiger partial charge in [-0.05, 0) is 38.4 Å². The summed E-state index contributed by atoms with van der Waals surface area (Å²) in [7, 11) is 0. The number of rotatable bonds is 7. The van der Waals surface area contributed by atoms with Gasteiger partial charge in [-0.1, -0.05) is 6.92 Å². The van der Waals surface area contributed by atoms with E-state index in [2.05, 4.69) is 22.2 Å². The number of amides is 1. The van der Waals surface area contributed by atoms with E-state index in [-0.39, 0.29) is 17.5 Å². The fraction of sp³-hybridized carbons (Fsp3) is 0.737. The Labute approximate surface area is 164 Å². The average Bonchev–Trinajstić information content (AvgIpc) is 3.09. The van der Waals surface area contributed by atoms with Gasteiger partial charge in [0.1, 0.15) is 0 Å². The van der Waals surface area contributed by atoms with Crippen LogP contribution in [0.15, 0.2) is 4.79 Å². The van der Waals surface area contributed by atoms with E-state index in [4.69, 9.17) is 4.74 Å². The second kappa shape index (κ2) is 9.59. The lowest BCUT2D eigenvalue weighted by Gasteiger charge is -2.27. The highest BCUT2D eigenvalue weighted by molar-refractivity contribution is 7.99. The molecule has 0 radical (unpaired) electrons. The van der Waals surface area contributed by atoms with Crippen LogP contribution in [0.4, 0.5) is 5.95 Å². The minimum atomic E-state index is -0.142. The summed E-state index contributed by atoms with van der Waals surface area (Å²) in [5.74, 6) is 1.75. The van der Waals surface area contributed by atoms with Gasteiger partial charge in [0.05, 0.1) is 13.2 Å². The highest BCUT2D eigenvalue weighted by Crippen LogP contribution is 2.29. The van der Waals surface area contributed by atoms with Crippen LogP contribution in [0.1, 0.15) is 43.9 Å². The number of H-pyrrole nitrogens is 1. The lowest BCUT2D eigenvalue weighted by molar-refractivity contribution is -0.121. The molecule has 0 aromatic carbocycles. The predicted octanol–water partition coefficient (Wildman–Crippen LogP) is 1.64. The third kappa shape index (κ3) is 5.48. The van der Waals surface area contributed by atoms with E-state index in [9.17, 15) is 9.59 Å². The summed E-state index contributed by atoms with van der Waals surface area (Å²) >= 11 is 1.98. The Balaban J connectivity index is 1.53. The molecule has 150 valence electrons. The van der Waals surface area contributed by atoms with E-state index in [1.54, 1.807) is 0 Å². The Morgan fingerprint density at radius 3 is 2.85 bits per heavy atom. The number of aryl methyl sites for hydroxylation is 1. The zero-order valence-electron chi connectivity index (χ0n) is 16.3. The monoisotopic (exact) mass is 394 g/mol. The molecule has 2 N–H and O–H groups in total. The fourth-order valence-electron chi connectivity index (χ4n) is 3.81. The van der Waals surface area contributed by atoms with Crippen molar-refractivity contribution < 1.29 is 9.53 Å². The maximum Gasteiger partial charge on any atom is 0.255 e. The quantitative estimate of drug-likeness (QED) is 0.731. The SMILES string of the molecule is CCS[C@@H]1CC[C@@H](NC(=O)CCc2c(C)nc(N3CCOCC3)[nH]c2=O)C1. The van der Waals surface area contributed by atoms with Crippen LogP contribution in [0.25, 0.3) is 0 Å². The molecule has 7 nitrogen and oxygen atoms in total. The van der Waals surface area contributed by atoms with E-state index >= 15 is 0 Å². The number of nitrogens with one attached hydrogen (secondary N) is 2. The van der Waals surface area contributed by atoms with Crippen LogP contribution in [0, 0.1) is 6.92 Å². The third-order valence-electron chi connectivity index (χ3n) is 5.27. The molecule has 1 aromatic heterocycles. The molecular weight excluding hydrogens is 364 g/mol. The normalized spacial score (nSPS) is 22.8. The number of ether oxygens (including phenoxy) is 1. The minimum Gasteiger partial charge on any atom is -0.378 e. The van der Waals surface area contributed by atoms with Crippen LogP contribution in [0.5, 0.6) is 0 Å². The fourth-order valence-corrected chi connectivity index (χ4v) is 4.95. The molecule has 8 heteroatoms. The van der Waals surface area contributed by atoms with Crippen LogP contribution in [0.3, 0.4) is 0 Å². The van der Waals surface area contributed by atoms with Crippen molar-refractivity contribution in [2.75, 3.05) is 37.0 Å². The van der Waals surface area contributed by atoms with Gasteiger partial charge in [-0.3, -0.25) is 14.6 Å². The smallest absolute Gasteiger partial charge is 0.255 e. The van der Waals surface area contributed by atoms with Crippen molar-refractivity contribution in [3.8, 4) is 0 Å². The summed E-state index contributed by atoms with van der Waals surface area (Å²) in [6.07, 6.45) is 4.03. The van der Waals surface area contributed by atoms with Gasteiger partial charge < -0.3 is 15.0 Å². The van der Waals surface area contributed by atoms with E-state index in [1.807, 2.05) is 23.6 Å². The Morgan fingerprint density at radius 2 is 2.15 bits per heavy atom. The average molecular weight is 395 g/mol. The van der Waals surface area contributed by atoms with E-state index in [0.29, 0.717) is 48.5 Å². The van der Waals surface area contributed by atoms with Gasteiger partial charge in [0, 0.05) is 42.1 Å². The van der Waals surface area contributed by atoms with Gasteiger partial charge in [0.2, 0.25) is 11.9 Å². The van der Waals surface area contributed by atoms with E-state index < -0.39 is 0 Å². The second-order valence-electron chi connectivity index (χ2n) is 7.21. The molecule has 1 aliphatic heterocycles. The van der Waals surface area contributed by atoms with Gasteiger partial charge in [-0.2, -0.15) is 11.8 Å². The highest BCUT2D eigenvalue weighted by atomic mass is 32.2. The summed E-state index contributed by atoms with van der Waals surface area (Å²) in [6, 6.07) is 0.280. The number of morpholine rings is 1. The Bertz CT molecular complexity index is 703. The van der Waals surface area contributed by atoms with Gasteiger partial charge in [0.25, 0.3) is 5.56 Å². The molecule has 0 unspecified atom stereocenters. The van der Waals surface area contributed by atoms with Crippen LogP contribution >= 0.6 is 11.8 Å². The zero-order chi connectivity index (χ0) is 19.2. The lowest BCUT2D eigenvalue weighted by Crippen LogP contribution is -2.39. The largest absolute Gasteiger partial charge is 0.378 e. The molecule has 1 saturated heterocycles. The molecule has 1 saturated carbocycles. The van der Waals surface area contributed by atoms with Crippen molar-refractivity contribution >= 4 is 23.6 Å². The van der Waals surface area contributed by atoms with Crippen LogP contribution < -0.4 is 15.8 Å². The van der Waals surface area contributed by atoms with Crippen molar-refractivity contribution in [3.05, 3.63) is 21.6 Å². The number of anilines is 1. The molecule has 1 aliphatic carbocycles. The number of aromatic amines is 1. The van der Waals surface area contributed by atoms with Gasteiger partial charge >= 0.3 is 0 Å². The number of hydrogen-bond donors (Lipinski definition) is 2. The molecular formula is C19H30N4O3S. The lowest BCUT2D eigenvalue weighted by atomic mass is 10.1. The first kappa shape index (κ1) is 20.2. The molecule has 0 spiro atoms. The van der Waals surface area contributed by atoms with Crippen LogP contribution in [0.2, 0.25) is 0 Å². The van der Waals surface area contributed by atoms with Crippen LogP contribution in [-0.2, 0) is 16.0 Å². The van der Waals surface area contributed by atoms with Crippen molar-refractivity contribution in [3.63, 3.8) is 0 Å². The number of aromatic nitrogens is 2. The zero-order valence-corrected chi connectivity index (χ0v) is 17.1. The minimum absolute atomic E-state index is 0.0261. The molecule has 2 aliphatic rings. The van der Waals surface area contributed by atoms with Crippen LogP contribution in [-0.4, -0.2) is 59.2 Å². The van der Waals surface area contributed by atoms with Crippen molar-refractivity contribution in [2.24, 2.45) is 0 Å². The predicted molar refractivity (Wildman–Crippen MR) is 109 cm³/mol. The van der Waals surface area contributed by atoms with E-state index in [0.717, 1.165) is 31.7 Å². The molecule has 1 aromatic rings. The topological polar surface area (TPSA) is 87.3 Å². The Hall–Kier alpha value is -1.54. The summed E-state index contributed by atoms with van der Waals surface area (Å²) in [5.41, 5.74) is 1.17. The number of nitrogens with zero attached hydrogens (tertiary/aromatic N) is 2. The molecule has 27 heavy (non-hydrogen) atoms. The van der Waals surface area contributed by atoms with Gasteiger partial charge in [-0.15, -0.1) is 0 Å². The number of hydrogen-bond acceptors (Lipinski definition) is 6. The van der Waals surface area contributed by atoms with Crippen molar-refractivity contribution in [1.29, 1.82) is 0 Å². The maximum atomic E-state index is 12.5. The molecule has 2 fully saturated rings. The molecule has 0 bridgehead atoms. The molecule has 2 atom stereocenters. The second-order valence-corrected chi connectivity index (χ2v) is 8.79. The molecule has 1 amide bonds. The number of carbonyl (C=O) groups excluding carboxylic acids is 1. The summed E-state index contributed by atoms with van der Waals surface area (Å²) in [4.78, 5) is 34.2. The first-order valence-electron chi connectivity index (χ1n) is 9.90. The first-order valence-corrected chi connectivity index (χ1v) is 10.9. The number of carbonyl (C=O) groups is 1. The third-order valence-corrected chi connectivity index (χ3v) is 6.51.